The summed E-state index contributed by atoms with van der Waals surface area (Å²) in [4.78, 5) is 43.9. The average Bonchev–Trinajstić information content (AvgIpc) is 3.23. The van der Waals surface area contributed by atoms with Crippen LogP contribution in [0.5, 0.6) is 0 Å². The normalized spacial score (nSPS) is 38.6. The molecular weight excluding hydrogens is 785 g/mol. The molecule has 3 fully saturated rings. The summed E-state index contributed by atoms with van der Waals surface area (Å²) in [5.41, 5.74) is 2.16. The number of piperidine rings is 1. The lowest BCUT2D eigenvalue weighted by Gasteiger charge is -2.47. The van der Waals surface area contributed by atoms with Crippen molar-refractivity contribution < 1.29 is 58.5 Å². The number of nitrogens with one attached hydrogen (secondary N) is 1. The third kappa shape index (κ3) is 14.1. The SMILES string of the molecule is C.C=CCO.CC[C@@H]1/C=C(\C)C[C@H](C)C[C@H](OC)[C@H]2O[C@@](O)(C(=O)C(=O)N3CCCC[C@H]3C(=O)O[C@H](/C(C)=C/[C@@H]3CC[C@@H](O)[C@H](OC)C3)[C@H](C)[C@@H](O)CC1=N)[C@H](C)C[C@@H]2OC. The highest BCUT2D eigenvalue weighted by Crippen LogP contribution is 2.39. The van der Waals surface area contributed by atoms with Gasteiger partial charge in [0, 0.05) is 57.8 Å². The van der Waals surface area contributed by atoms with Crippen molar-refractivity contribution in [1.82, 2.24) is 4.90 Å². The summed E-state index contributed by atoms with van der Waals surface area (Å²) in [5, 5.41) is 51.0. The van der Waals surface area contributed by atoms with E-state index in [9.17, 15) is 29.7 Å². The molecule has 5 N–H and O–H groups in total. The second-order valence-electron chi connectivity index (χ2n) is 17.7. The van der Waals surface area contributed by atoms with Crippen LogP contribution in [0.25, 0.3) is 0 Å². The zero-order valence-electron chi connectivity index (χ0n) is 37.6. The number of ketones is 1. The van der Waals surface area contributed by atoms with E-state index < -0.39 is 77.9 Å². The van der Waals surface area contributed by atoms with Gasteiger partial charge in [-0.05, 0) is 95.5 Å². The Balaban J connectivity index is 0.00000245. The molecule has 0 spiro atoms. The Kier molecular flexibility index (Phi) is 22.7. The molecule has 14 atom stereocenters. The van der Waals surface area contributed by atoms with Gasteiger partial charge in [-0.2, -0.15) is 0 Å². The number of amides is 1. The number of methoxy groups -OCH3 is 3. The van der Waals surface area contributed by atoms with E-state index in [-0.39, 0.29) is 63.7 Å². The molecule has 0 unspecified atom stereocenters. The topological polar surface area (TPSA) is 205 Å². The second-order valence-corrected chi connectivity index (χ2v) is 17.7. The number of aliphatic hydroxyl groups is 4. The number of aliphatic hydroxyl groups excluding tert-OH is 3. The summed E-state index contributed by atoms with van der Waals surface area (Å²) in [5.74, 6) is -6.92. The molecule has 0 aromatic heterocycles. The van der Waals surface area contributed by atoms with E-state index in [2.05, 4.69) is 19.6 Å². The van der Waals surface area contributed by atoms with Gasteiger partial charge in [0.15, 0.2) is 0 Å². The monoisotopic (exact) mass is 865 g/mol. The van der Waals surface area contributed by atoms with Gasteiger partial charge in [0.05, 0.1) is 37.1 Å². The van der Waals surface area contributed by atoms with Crippen LogP contribution >= 0.6 is 0 Å². The fraction of sp³-hybridized carbons (Fsp3) is 0.787. The first-order chi connectivity index (χ1) is 28.4. The first-order valence-electron chi connectivity index (χ1n) is 22.0. The van der Waals surface area contributed by atoms with Crippen molar-refractivity contribution in [2.45, 2.75) is 174 Å². The second kappa shape index (κ2) is 25.5. The number of cyclic esters (lactones) is 1. The Bertz CT molecular complexity index is 1500. The number of ether oxygens (including phenoxy) is 5. The number of hydrogen-bond donors (Lipinski definition) is 5. The first kappa shape index (κ1) is 54.3. The number of hydrogen-bond acceptors (Lipinski definition) is 13. The van der Waals surface area contributed by atoms with Crippen LogP contribution < -0.4 is 0 Å². The van der Waals surface area contributed by atoms with Gasteiger partial charge >= 0.3 is 5.97 Å². The average molecular weight is 865 g/mol. The van der Waals surface area contributed by atoms with Crippen molar-refractivity contribution in [1.29, 1.82) is 5.41 Å². The Labute approximate surface area is 365 Å². The zero-order chi connectivity index (χ0) is 44.9. The molecule has 3 aliphatic heterocycles. The minimum Gasteiger partial charge on any atom is -0.456 e. The Morgan fingerprint density at radius 3 is 2.18 bits per heavy atom. The van der Waals surface area contributed by atoms with Crippen molar-refractivity contribution in [3.63, 3.8) is 0 Å². The number of carbonyl (C=O) groups is 3. The van der Waals surface area contributed by atoms with Crippen molar-refractivity contribution in [3.8, 4) is 0 Å². The lowest BCUT2D eigenvalue weighted by atomic mass is 9.81. The maximum Gasteiger partial charge on any atom is 0.329 e. The van der Waals surface area contributed by atoms with Gasteiger partial charge in [0.1, 0.15) is 18.2 Å². The molecule has 14 nitrogen and oxygen atoms in total. The number of rotatable bonds is 7. The van der Waals surface area contributed by atoms with E-state index in [1.54, 1.807) is 35.2 Å². The predicted octanol–water partition coefficient (Wildman–Crippen LogP) is 5.72. The summed E-state index contributed by atoms with van der Waals surface area (Å²) >= 11 is 0. The van der Waals surface area contributed by atoms with Gasteiger partial charge in [-0.1, -0.05) is 58.9 Å². The molecule has 4 rings (SSSR count). The van der Waals surface area contributed by atoms with Crippen LogP contribution in [0, 0.1) is 35.0 Å². The van der Waals surface area contributed by atoms with E-state index in [0.717, 1.165) is 5.57 Å². The predicted molar refractivity (Wildman–Crippen MR) is 235 cm³/mol. The van der Waals surface area contributed by atoms with Gasteiger partial charge in [-0.3, -0.25) is 9.59 Å². The standard InChI is InChI=1S/C43H70N2O11.C3H6O.CH4/c1-10-30-18-24(2)17-25(3)19-36(53-8)39-37(54-9)21-27(5)43(51,56-39)40(48)41(49)45-16-12-11-13-32(45)42(50)55-38(28(6)34(47)23-31(30)44)26(4)20-29-14-15-33(46)35(22-29)52-7;1-2-3-4;/h18,20,25,27-30,32-39,44,46-47,51H,10-17,19,21-23H2,1-9H3;2,4H,1,3H2;1H4/b24-18+,26-20+,44-31?;;/t25-,27+,28+,29-,30+,32-,33+,34-,35+,36-,37-,38+,39+,43+;;/m0../s1. The van der Waals surface area contributed by atoms with E-state index in [1.807, 2.05) is 26.8 Å². The Morgan fingerprint density at radius 1 is 0.967 bits per heavy atom. The van der Waals surface area contributed by atoms with Crippen LogP contribution in [-0.4, -0.2) is 138 Å². The van der Waals surface area contributed by atoms with Crippen LogP contribution in [0.1, 0.15) is 120 Å². The lowest BCUT2D eigenvalue weighted by Crippen LogP contribution is -2.64. The molecule has 3 heterocycles. The highest BCUT2D eigenvalue weighted by Gasteiger charge is 2.56. The number of carbonyl (C=O) groups excluding carboxylic acids is 3. The van der Waals surface area contributed by atoms with Gasteiger partial charge in [0.2, 0.25) is 5.79 Å². The summed E-state index contributed by atoms with van der Waals surface area (Å²) in [7, 11) is 4.67. The third-order valence-electron chi connectivity index (χ3n) is 13.1. The molecule has 4 aliphatic rings. The summed E-state index contributed by atoms with van der Waals surface area (Å²) < 4.78 is 29.8. The number of nitrogens with zero attached hydrogens (tertiary/aromatic N) is 1. The Hall–Kier alpha value is -2.82. The minimum absolute atomic E-state index is 0. The van der Waals surface area contributed by atoms with Crippen LogP contribution in [0.4, 0.5) is 0 Å². The fourth-order valence-corrected chi connectivity index (χ4v) is 9.44. The quantitative estimate of drug-likeness (QED) is 0.118. The van der Waals surface area contributed by atoms with Gasteiger partial charge in [0.25, 0.3) is 11.7 Å². The van der Waals surface area contributed by atoms with Crippen molar-refractivity contribution >= 4 is 23.4 Å². The summed E-state index contributed by atoms with van der Waals surface area (Å²) in [6.45, 7) is 14.8. The molecule has 350 valence electrons. The third-order valence-corrected chi connectivity index (χ3v) is 13.1. The number of fused-ring (bicyclic) bond motifs is 3. The first-order valence-corrected chi connectivity index (χ1v) is 22.0. The molecular formula is C47H80N2O12. The van der Waals surface area contributed by atoms with E-state index in [0.29, 0.717) is 62.7 Å². The number of allylic oxidation sites excluding steroid dienone is 3. The zero-order valence-corrected chi connectivity index (χ0v) is 37.6. The number of Topliss-reactive ketones (excluding diaryl/α,β-unsaturated/α-hetero) is 1. The summed E-state index contributed by atoms with van der Waals surface area (Å²) in [6, 6.07) is -1.11. The van der Waals surface area contributed by atoms with Gasteiger partial charge in [-0.25, -0.2) is 4.79 Å². The van der Waals surface area contributed by atoms with Gasteiger partial charge in [-0.15, -0.1) is 6.58 Å². The minimum atomic E-state index is -2.49. The highest BCUT2D eigenvalue weighted by atomic mass is 16.7. The summed E-state index contributed by atoms with van der Waals surface area (Å²) in [6.07, 6.45) is 6.13. The molecule has 14 heteroatoms. The van der Waals surface area contributed by atoms with E-state index in [1.165, 1.54) is 11.0 Å². The molecule has 2 saturated heterocycles. The van der Waals surface area contributed by atoms with Crippen LogP contribution in [0.15, 0.2) is 36.0 Å². The molecule has 61 heavy (non-hydrogen) atoms. The van der Waals surface area contributed by atoms with E-state index >= 15 is 0 Å². The van der Waals surface area contributed by atoms with Crippen LogP contribution in [0.2, 0.25) is 0 Å². The lowest BCUT2D eigenvalue weighted by molar-refractivity contribution is -0.302. The number of esters is 1. The molecule has 1 aliphatic carbocycles. The molecule has 1 saturated carbocycles. The maximum absolute atomic E-state index is 14.3. The van der Waals surface area contributed by atoms with E-state index in [4.69, 9.17) is 34.2 Å². The molecule has 2 bridgehead atoms. The van der Waals surface area contributed by atoms with Crippen molar-refractivity contribution in [3.05, 3.63) is 36.0 Å². The van der Waals surface area contributed by atoms with Gasteiger partial charge < -0.3 is 54.4 Å². The molecule has 0 radical (unpaired) electrons. The maximum atomic E-state index is 14.3. The van der Waals surface area contributed by atoms with Crippen LogP contribution in [0.3, 0.4) is 0 Å². The molecule has 1 amide bonds. The van der Waals surface area contributed by atoms with Crippen molar-refractivity contribution in [2.24, 2.45) is 29.6 Å². The largest absolute Gasteiger partial charge is 0.456 e. The Morgan fingerprint density at radius 2 is 1.59 bits per heavy atom. The fourth-order valence-electron chi connectivity index (χ4n) is 9.44. The molecule has 0 aromatic carbocycles. The smallest absolute Gasteiger partial charge is 0.329 e. The molecule has 0 aromatic rings. The highest BCUT2D eigenvalue weighted by molar-refractivity contribution is 6.39. The van der Waals surface area contributed by atoms with Crippen LogP contribution in [-0.2, 0) is 38.1 Å². The van der Waals surface area contributed by atoms with Crippen molar-refractivity contribution in [2.75, 3.05) is 34.5 Å².